The molecule has 0 saturated carbocycles. The van der Waals surface area contributed by atoms with Crippen molar-refractivity contribution in [2.75, 3.05) is 6.54 Å². The van der Waals surface area contributed by atoms with Crippen molar-refractivity contribution in [2.24, 2.45) is 0 Å². The third-order valence-corrected chi connectivity index (χ3v) is 3.47. The molecule has 1 amide bonds. The molecule has 1 aromatic heterocycles. The van der Waals surface area contributed by atoms with Crippen LogP contribution in [0.15, 0.2) is 12.3 Å². The molecule has 0 radical (unpaired) electrons. The van der Waals surface area contributed by atoms with Crippen LogP contribution >= 0.6 is 0 Å². The fourth-order valence-electron chi connectivity index (χ4n) is 2.51. The number of aromatic nitrogens is 2. The van der Waals surface area contributed by atoms with Gasteiger partial charge in [0.15, 0.2) is 0 Å². The lowest BCUT2D eigenvalue weighted by molar-refractivity contribution is -0.389. The number of hydrogen-bond donors (Lipinski definition) is 1. The van der Waals surface area contributed by atoms with E-state index in [1.54, 1.807) is 4.90 Å². The summed E-state index contributed by atoms with van der Waals surface area (Å²) in [5, 5.41) is 23.1. The Bertz CT molecular complexity index is 556. The number of carboxylic acids is 1. The summed E-state index contributed by atoms with van der Waals surface area (Å²) in [6, 6.07) is 0.910. The zero-order valence-corrected chi connectivity index (χ0v) is 11.3. The lowest BCUT2D eigenvalue weighted by Crippen LogP contribution is -2.46. The third kappa shape index (κ3) is 3.77. The molecular formula is C12H16N4O5. The average Bonchev–Trinajstić information content (AvgIpc) is 2.87. The minimum atomic E-state index is -0.936. The number of carboxylic acid groups (broad SMARTS) is 1. The molecule has 1 fully saturated rings. The first kappa shape index (κ1) is 14.9. The van der Waals surface area contributed by atoms with Gasteiger partial charge in [-0.2, -0.15) is 4.68 Å². The van der Waals surface area contributed by atoms with Gasteiger partial charge in [0.25, 0.3) is 0 Å². The molecular weight excluding hydrogens is 280 g/mol. The Hall–Kier alpha value is -2.45. The van der Waals surface area contributed by atoms with E-state index < -0.39 is 10.9 Å². The van der Waals surface area contributed by atoms with Gasteiger partial charge in [-0.1, -0.05) is 0 Å². The molecule has 1 saturated heterocycles. The Balaban J connectivity index is 2.02. The van der Waals surface area contributed by atoms with Crippen molar-refractivity contribution in [2.45, 2.75) is 38.3 Å². The van der Waals surface area contributed by atoms with Crippen molar-refractivity contribution in [3.8, 4) is 0 Å². The van der Waals surface area contributed by atoms with E-state index >= 15 is 0 Å². The van der Waals surface area contributed by atoms with E-state index in [4.69, 9.17) is 5.11 Å². The van der Waals surface area contributed by atoms with Crippen molar-refractivity contribution in [3.63, 3.8) is 0 Å². The van der Waals surface area contributed by atoms with Gasteiger partial charge in [0.05, 0.1) is 23.8 Å². The molecule has 1 aliphatic heterocycles. The summed E-state index contributed by atoms with van der Waals surface area (Å²) >= 11 is 0. The number of piperidine rings is 1. The highest BCUT2D eigenvalue weighted by Gasteiger charge is 2.29. The molecule has 0 aromatic carbocycles. The third-order valence-electron chi connectivity index (χ3n) is 3.47. The van der Waals surface area contributed by atoms with Gasteiger partial charge in [0.1, 0.15) is 6.54 Å². The molecule has 1 aromatic rings. The van der Waals surface area contributed by atoms with E-state index in [2.05, 4.69) is 5.10 Å². The number of nitrogens with zero attached hydrogens (tertiary/aromatic N) is 4. The largest absolute Gasteiger partial charge is 0.481 e. The number of nitro groups is 1. The molecule has 1 atom stereocenters. The van der Waals surface area contributed by atoms with Crippen molar-refractivity contribution in [3.05, 3.63) is 22.4 Å². The van der Waals surface area contributed by atoms with Crippen LogP contribution in [0.4, 0.5) is 5.82 Å². The number of aliphatic carboxylic acids is 1. The van der Waals surface area contributed by atoms with Gasteiger partial charge in [-0.25, -0.2) is 0 Å². The molecule has 0 spiro atoms. The van der Waals surface area contributed by atoms with E-state index in [0.29, 0.717) is 13.0 Å². The lowest BCUT2D eigenvalue weighted by Gasteiger charge is -2.34. The van der Waals surface area contributed by atoms with E-state index in [0.717, 1.165) is 12.8 Å². The van der Waals surface area contributed by atoms with Crippen LogP contribution in [0.5, 0.6) is 0 Å². The van der Waals surface area contributed by atoms with Crippen LogP contribution in [0, 0.1) is 10.1 Å². The van der Waals surface area contributed by atoms with Crippen LogP contribution in [0.25, 0.3) is 0 Å². The Morgan fingerprint density at radius 2 is 2.24 bits per heavy atom. The van der Waals surface area contributed by atoms with Crippen molar-refractivity contribution >= 4 is 17.7 Å². The topological polar surface area (TPSA) is 119 Å². The van der Waals surface area contributed by atoms with Gasteiger partial charge in [-0.15, -0.1) is 0 Å². The normalized spacial score (nSPS) is 18.5. The standard InChI is InChI=1S/C12H16N4O5/c17-11(8-14-6-4-10(13-14)16(20)21)15-5-2-1-3-9(15)7-12(18)19/h4,6,9H,1-3,5,7-8H2,(H,18,19). The molecule has 0 bridgehead atoms. The minimum Gasteiger partial charge on any atom is -0.481 e. The summed E-state index contributed by atoms with van der Waals surface area (Å²) in [5.74, 6) is -1.52. The van der Waals surface area contributed by atoms with E-state index in [9.17, 15) is 19.7 Å². The average molecular weight is 296 g/mol. The maximum Gasteiger partial charge on any atom is 0.389 e. The molecule has 21 heavy (non-hydrogen) atoms. The first-order chi connectivity index (χ1) is 9.97. The monoisotopic (exact) mass is 296 g/mol. The van der Waals surface area contributed by atoms with E-state index in [-0.39, 0.29) is 30.7 Å². The molecule has 1 unspecified atom stereocenters. The number of hydrogen-bond acceptors (Lipinski definition) is 5. The zero-order chi connectivity index (χ0) is 15.4. The molecule has 1 N–H and O–H groups in total. The zero-order valence-electron chi connectivity index (χ0n) is 11.3. The summed E-state index contributed by atoms with van der Waals surface area (Å²) in [5.41, 5.74) is 0. The number of rotatable bonds is 5. The number of carbonyl (C=O) groups excluding carboxylic acids is 1. The van der Waals surface area contributed by atoms with Crippen LogP contribution in [0.1, 0.15) is 25.7 Å². The van der Waals surface area contributed by atoms with Gasteiger partial charge in [0.2, 0.25) is 5.91 Å². The van der Waals surface area contributed by atoms with Gasteiger partial charge in [-0.05, 0) is 24.2 Å². The van der Waals surface area contributed by atoms with Crippen molar-refractivity contribution < 1.29 is 19.6 Å². The second-order valence-electron chi connectivity index (χ2n) is 4.96. The molecule has 2 heterocycles. The summed E-state index contributed by atoms with van der Waals surface area (Å²) in [6.45, 7) is 0.393. The Morgan fingerprint density at radius 3 is 2.86 bits per heavy atom. The predicted molar refractivity (Wildman–Crippen MR) is 70.5 cm³/mol. The molecule has 0 aliphatic carbocycles. The second kappa shape index (κ2) is 6.33. The van der Waals surface area contributed by atoms with Gasteiger partial charge < -0.3 is 20.1 Å². The first-order valence-corrected chi connectivity index (χ1v) is 6.66. The SMILES string of the molecule is O=C(O)CC1CCCCN1C(=O)Cn1ccc([N+](=O)[O-])n1. The maximum absolute atomic E-state index is 12.2. The van der Waals surface area contributed by atoms with Crippen LogP contribution in [-0.4, -0.2) is 49.2 Å². The Labute approximate surface area is 120 Å². The molecule has 9 heteroatoms. The molecule has 1 aliphatic rings. The van der Waals surface area contributed by atoms with Crippen molar-refractivity contribution in [1.29, 1.82) is 0 Å². The fraction of sp³-hybridized carbons (Fsp3) is 0.583. The van der Waals surface area contributed by atoms with Gasteiger partial charge in [0, 0.05) is 12.6 Å². The van der Waals surface area contributed by atoms with E-state index in [1.807, 2.05) is 0 Å². The second-order valence-corrected chi connectivity index (χ2v) is 4.96. The highest BCUT2D eigenvalue weighted by molar-refractivity contribution is 5.77. The Kier molecular flexibility index (Phi) is 4.51. The van der Waals surface area contributed by atoms with Crippen LogP contribution in [-0.2, 0) is 16.1 Å². The quantitative estimate of drug-likeness (QED) is 0.629. The van der Waals surface area contributed by atoms with E-state index in [1.165, 1.54) is 16.9 Å². The molecule has 114 valence electrons. The highest BCUT2D eigenvalue weighted by atomic mass is 16.6. The first-order valence-electron chi connectivity index (χ1n) is 6.66. The van der Waals surface area contributed by atoms with Crippen molar-refractivity contribution in [1.82, 2.24) is 14.7 Å². The summed E-state index contributed by atoms with van der Waals surface area (Å²) in [7, 11) is 0. The summed E-state index contributed by atoms with van der Waals surface area (Å²) < 4.78 is 1.20. The number of likely N-dealkylation sites (tertiary alicyclic amines) is 1. The molecule has 2 rings (SSSR count). The van der Waals surface area contributed by atoms with Crippen LogP contribution in [0.3, 0.4) is 0 Å². The summed E-state index contributed by atoms with van der Waals surface area (Å²) in [6.07, 6.45) is 3.69. The number of carbonyl (C=O) groups is 2. The molecule has 9 nitrogen and oxygen atoms in total. The highest BCUT2D eigenvalue weighted by Crippen LogP contribution is 2.20. The van der Waals surface area contributed by atoms with Gasteiger partial charge >= 0.3 is 11.8 Å². The van der Waals surface area contributed by atoms with Crippen LogP contribution < -0.4 is 0 Å². The minimum absolute atomic E-state index is 0.0784. The number of amides is 1. The lowest BCUT2D eigenvalue weighted by atomic mass is 9.99. The van der Waals surface area contributed by atoms with Gasteiger partial charge in [-0.3, -0.25) is 9.59 Å². The smallest absolute Gasteiger partial charge is 0.389 e. The summed E-state index contributed by atoms with van der Waals surface area (Å²) in [4.78, 5) is 34.5. The Morgan fingerprint density at radius 1 is 1.48 bits per heavy atom. The van der Waals surface area contributed by atoms with Crippen LogP contribution in [0.2, 0.25) is 0 Å². The maximum atomic E-state index is 12.2. The predicted octanol–water partition coefficient (Wildman–Crippen LogP) is 0.647. The fourth-order valence-corrected chi connectivity index (χ4v) is 2.51.